The van der Waals surface area contributed by atoms with Crippen LogP contribution in [0.2, 0.25) is 0 Å². The molecular formula is C17H25NO3. The van der Waals surface area contributed by atoms with E-state index in [0.717, 1.165) is 31.2 Å². The van der Waals surface area contributed by atoms with E-state index < -0.39 is 12.0 Å². The Labute approximate surface area is 126 Å². The van der Waals surface area contributed by atoms with Gasteiger partial charge in [0.1, 0.15) is 0 Å². The van der Waals surface area contributed by atoms with Crippen molar-refractivity contribution < 1.29 is 14.3 Å². The van der Waals surface area contributed by atoms with E-state index in [-0.39, 0.29) is 11.8 Å². The smallest absolute Gasteiger partial charge is 0.333 e. The number of methoxy groups -OCH3 is 1. The molecule has 0 aromatic heterocycles. The van der Waals surface area contributed by atoms with E-state index in [1.807, 2.05) is 37.3 Å². The molecule has 116 valence electrons. The molecule has 0 aliphatic rings. The molecule has 0 heterocycles. The second-order valence-electron chi connectivity index (χ2n) is 5.12. The minimum absolute atomic E-state index is 0.0548. The average molecular weight is 291 g/mol. The lowest BCUT2D eigenvalue weighted by Gasteiger charge is -2.20. The molecule has 0 fully saturated rings. The van der Waals surface area contributed by atoms with Gasteiger partial charge in [-0.15, -0.1) is 0 Å². The molecule has 1 aromatic carbocycles. The molecule has 0 aliphatic heterocycles. The van der Waals surface area contributed by atoms with Crippen LogP contribution in [0.15, 0.2) is 30.3 Å². The van der Waals surface area contributed by atoms with Gasteiger partial charge in [0.25, 0.3) is 0 Å². The van der Waals surface area contributed by atoms with Gasteiger partial charge in [-0.3, -0.25) is 4.79 Å². The van der Waals surface area contributed by atoms with E-state index in [1.165, 1.54) is 7.11 Å². The van der Waals surface area contributed by atoms with Crippen LogP contribution in [0.5, 0.6) is 0 Å². The Kier molecular flexibility index (Phi) is 7.51. The molecule has 4 nitrogen and oxygen atoms in total. The summed E-state index contributed by atoms with van der Waals surface area (Å²) in [6.07, 6.45) is 3.69. The zero-order valence-corrected chi connectivity index (χ0v) is 13.1. The number of rotatable bonds is 8. The van der Waals surface area contributed by atoms with E-state index in [4.69, 9.17) is 4.74 Å². The third-order valence-corrected chi connectivity index (χ3v) is 3.63. The van der Waals surface area contributed by atoms with Gasteiger partial charge in [0, 0.05) is 5.92 Å². The number of hydrogen-bond acceptors (Lipinski definition) is 3. The van der Waals surface area contributed by atoms with Gasteiger partial charge in [0.15, 0.2) is 6.04 Å². The van der Waals surface area contributed by atoms with Crippen LogP contribution in [0.1, 0.15) is 51.1 Å². The Hall–Kier alpha value is -1.84. The van der Waals surface area contributed by atoms with E-state index in [1.54, 1.807) is 0 Å². The van der Waals surface area contributed by atoms with Crippen molar-refractivity contribution in [1.29, 1.82) is 0 Å². The standard InChI is InChI=1S/C17H25NO3/c1-4-6-10-13(5-2)16(19)18-15(17(20)21-3)14-11-8-7-9-12-14/h7-9,11-13,15H,4-6,10H2,1-3H3,(H,18,19). The molecular weight excluding hydrogens is 266 g/mol. The van der Waals surface area contributed by atoms with Crippen molar-refractivity contribution >= 4 is 11.9 Å². The summed E-state index contributed by atoms with van der Waals surface area (Å²) < 4.78 is 4.81. The first kappa shape index (κ1) is 17.2. The predicted octanol–water partition coefficient (Wildman–Crippen LogP) is 3.23. The van der Waals surface area contributed by atoms with Crippen LogP contribution in [0.3, 0.4) is 0 Å². The lowest BCUT2D eigenvalue weighted by Crippen LogP contribution is -2.38. The topological polar surface area (TPSA) is 55.4 Å². The highest BCUT2D eigenvalue weighted by Crippen LogP contribution is 2.18. The van der Waals surface area contributed by atoms with Crippen LogP contribution < -0.4 is 5.32 Å². The molecule has 2 atom stereocenters. The highest BCUT2D eigenvalue weighted by Gasteiger charge is 2.26. The number of carbonyl (C=O) groups excluding carboxylic acids is 2. The lowest BCUT2D eigenvalue weighted by atomic mass is 9.97. The van der Waals surface area contributed by atoms with Crippen LogP contribution >= 0.6 is 0 Å². The Balaban J connectivity index is 2.81. The first-order valence-corrected chi connectivity index (χ1v) is 7.57. The van der Waals surface area contributed by atoms with Crippen LogP contribution in [0.25, 0.3) is 0 Å². The van der Waals surface area contributed by atoms with Crippen LogP contribution in [-0.2, 0) is 14.3 Å². The number of benzene rings is 1. The van der Waals surface area contributed by atoms with E-state index in [2.05, 4.69) is 12.2 Å². The lowest BCUT2D eigenvalue weighted by molar-refractivity contribution is -0.145. The number of carbonyl (C=O) groups is 2. The third-order valence-electron chi connectivity index (χ3n) is 3.63. The van der Waals surface area contributed by atoms with Gasteiger partial charge in [-0.2, -0.15) is 0 Å². The highest BCUT2D eigenvalue weighted by atomic mass is 16.5. The molecule has 0 saturated carbocycles. The molecule has 1 N–H and O–H groups in total. The molecule has 1 amide bonds. The van der Waals surface area contributed by atoms with E-state index in [9.17, 15) is 9.59 Å². The van der Waals surface area contributed by atoms with Gasteiger partial charge in [0.05, 0.1) is 7.11 Å². The number of hydrogen-bond donors (Lipinski definition) is 1. The second-order valence-corrected chi connectivity index (χ2v) is 5.12. The zero-order chi connectivity index (χ0) is 15.7. The first-order chi connectivity index (χ1) is 10.1. The van der Waals surface area contributed by atoms with E-state index >= 15 is 0 Å². The molecule has 0 aliphatic carbocycles. The fourth-order valence-corrected chi connectivity index (χ4v) is 2.27. The van der Waals surface area contributed by atoms with Gasteiger partial charge in [-0.1, -0.05) is 57.0 Å². The number of esters is 1. The summed E-state index contributed by atoms with van der Waals surface area (Å²) in [6.45, 7) is 4.10. The molecule has 4 heteroatoms. The van der Waals surface area contributed by atoms with Crippen LogP contribution in [0, 0.1) is 5.92 Å². The van der Waals surface area contributed by atoms with Crippen LogP contribution in [0.4, 0.5) is 0 Å². The number of unbranched alkanes of at least 4 members (excludes halogenated alkanes) is 1. The third kappa shape index (κ3) is 5.21. The number of nitrogens with one attached hydrogen (secondary N) is 1. The summed E-state index contributed by atoms with van der Waals surface area (Å²) in [7, 11) is 1.33. The van der Waals surface area contributed by atoms with Crippen molar-refractivity contribution in [1.82, 2.24) is 5.32 Å². The van der Waals surface area contributed by atoms with Crippen molar-refractivity contribution in [2.24, 2.45) is 5.92 Å². The predicted molar refractivity (Wildman–Crippen MR) is 82.6 cm³/mol. The average Bonchev–Trinajstić information content (AvgIpc) is 2.53. The summed E-state index contributed by atoms with van der Waals surface area (Å²) >= 11 is 0. The Bertz CT molecular complexity index is 445. The quantitative estimate of drug-likeness (QED) is 0.748. The summed E-state index contributed by atoms with van der Waals surface area (Å²) in [5, 5.41) is 2.83. The maximum absolute atomic E-state index is 12.4. The van der Waals surface area contributed by atoms with Crippen molar-refractivity contribution in [3.63, 3.8) is 0 Å². The van der Waals surface area contributed by atoms with Crippen molar-refractivity contribution in [2.75, 3.05) is 7.11 Å². The van der Waals surface area contributed by atoms with Crippen molar-refractivity contribution in [2.45, 2.75) is 45.6 Å². The minimum atomic E-state index is -0.737. The monoisotopic (exact) mass is 291 g/mol. The van der Waals surface area contributed by atoms with Crippen molar-refractivity contribution in [3.05, 3.63) is 35.9 Å². The van der Waals surface area contributed by atoms with Gasteiger partial charge < -0.3 is 10.1 Å². The molecule has 1 aromatic rings. The normalized spacial score (nSPS) is 13.3. The van der Waals surface area contributed by atoms with Crippen molar-refractivity contribution in [3.8, 4) is 0 Å². The number of amides is 1. The summed E-state index contributed by atoms with van der Waals surface area (Å²) in [4.78, 5) is 24.3. The molecule has 21 heavy (non-hydrogen) atoms. The zero-order valence-electron chi connectivity index (χ0n) is 13.1. The highest BCUT2D eigenvalue weighted by molar-refractivity contribution is 5.86. The fraction of sp³-hybridized carbons (Fsp3) is 0.529. The fourth-order valence-electron chi connectivity index (χ4n) is 2.27. The summed E-state index contributed by atoms with van der Waals surface area (Å²) in [6, 6.07) is 8.44. The van der Waals surface area contributed by atoms with Gasteiger partial charge in [0.2, 0.25) is 5.91 Å². The number of ether oxygens (including phenoxy) is 1. The first-order valence-electron chi connectivity index (χ1n) is 7.57. The maximum atomic E-state index is 12.4. The Morgan fingerprint density at radius 3 is 2.38 bits per heavy atom. The summed E-state index contributed by atoms with van der Waals surface area (Å²) in [5.74, 6) is -0.578. The van der Waals surface area contributed by atoms with Crippen LogP contribution in [-0.4, -0.2) is 19.0 Å². The molecule has 1 rings (SSSR count). The molecule has 0 spiro atoms. The Morgan fingerprint density at radius 1 is 1.19 bits per heavy atom. The Morgan fingerprint density at radius 2 is 1.86 bits per heavy atom. The van der Waals surface area contributed by atoms with E-state index in [0.29, 0.717) is 0 Å². The summed E-state index contributed by atoms with van der Waals surface area (Å²) in [5.41, 5.74) is 0.739. The van der Waals surface area contributed by atoms with Gasteiger partial charge in [-0.05, 0) is 18.4 Å². The minimum Gasteiger partial charge on any atom is -0.467 e. The van der Waals surface area contributed by atoms with Gasteiger partial charge >= 0.3 is 5.97 Å². The molecule has 2 unspecified atom stereocenters. The molecule has 0 radical (unpaired) electrons. The largest absolute Gasteiger partial charge is 0.467 e. The second kappa shape index (κ2) is 9.16. The molecule has 0 saturated heterocycles. The van der Waals surface area contributed by atoms with Gasteiger partial charge in [-0.25, -0.2) is 4.79 Å². The molecule has 0 bridgehead atoms. The SMILES string of the molecule is CCCCC(CC)C(=O)NC(C(=O)OC)c1ccccc1. The maximum Gasteiger partial charge on any atom is 0.333 e.